The average Bonchev–Trinajstić information content (AvgIpc) is 2.84. The first-order chi connectivity index (χ1) is 15.8. The summed E-state index contributed by atoms with van der Waals surface area (Å²) in [5.74, 6) is 0.849. The molecule has 1 aliphatic rings. The fraction of sp³-hybridized carbons (Fsp3) is 0.385. The van der Waals surface area contributed by atoms with Gasteiger partial charge in [-0.3, -0.25) is 9.88 Å². The fourth-order valence-corrected chi connectivity index (χ4v) is 4.06. The van der Waals surface area contributed by atoms with Gasteiger partial charge in [-0.1, -0.05) is 48.5 Å². The minimum absolute atomic E-state index is 0.658. The maximum absolute atomic E-state index is 5.48. The van der Waals surface area contributed by atoms with Crippen LogP contribution in [0.25, 0.3) is 10.9 Å². The largest absolute Gasteiger partial charge is 0.379 e. The van der Waals surface area contributed by atoms with Crippen molar-refractivity contribution < 1.29 is 4.74 Å². The van der Waals surface area contributed by atoms with E-state index < -0.39 is 0 Å². The molecule has 6 nitrogen and oxygen atoms in total. The van der Waals surface area contributed by atoms with E-state index in [1.165, 1.54) is 22.1 Å². The third kappa shape index (κ3) is 6.05. The lowest BCUT2D eigenvalue weighted by molar-refractivity contribution is 0.0341. The van der Waals surface area contributed by atoms with Gasteiger partial charge in [-0.25, -0.2) is 4.99 Å². The van der Waals surface area contributed by atoms with Crippen molar-refractivity contribution in [2.45, 2.75) is 26.4 Å². The van der Waals surface area contributed by atoms with Gasteiger partial charge >= 0.3 is 0 Å². The molecule has 2 aromatic carbocycles. The molecule has 168 valence electrons. The zero-order valence-electron chi connectivity index (χ0n) is 18.9. The van der Waals surface area contributed by atoms with Gasteiger partial charge in [0, 0.05) is 44.3 Å². The summed E-state index contributed by atoms with van der Waals surface area (Å²) >= 11 is 0. The van der Waals surface area contributed by atoms with Crippen LogP contribution in [-0.4, -0.2) is 55.2 Å². The molecule has 0 amide bonds. The molecular weight excluding hydrogens is 398 g/mol. The van der Waals surface area contributed by atoms with Crippen LogP contribution < -0.4 is 10.6 Å². The summed E-state index contributed by atoms with van der Waals surface area (Å²) in [7, 11) is 0. The molecular formula is C26H33N5O. The first-order valence-corrected chi connectivity index (χ1v) is 11.5. The molecule has 1 fully saturated rings. The van der Waals surface area contributed by atoms with E-state index in [0.29, 0.717) is 6.54 Å². The summed E-state index contributed by atoms with van der Waals surface area (Å²) in [6, 6.07) is 19.1. The number of rotatable bonds is 8. The van der Waals surface area contributed by atoms with Crippen LogP contribution in [0.5, 0.6) is 0 Å². The Hall–Kier alpha value is -2.96. The molecule has 0 saturated carbocycles. The number of aliphatic imine (C=N–C) groups is 1. The second-order valence-electron chi connectivity index (χ2n) is 8.02. The zero-order chi connectivity index (χ0) is 22.0. The number of para-hydroxylation sites is 1. The Labute approximate surface area is 190 Å². The SMILES string of the molecule is CCNC(=NCc1ccccc1CN1CCOCC1)NCCc1cccc2cccnc12. The molecule has 0 bridgehead atoms. The van der Waals surface area contributed by atoms with Gasteiger partial charge in [-0.05, 0) is 36.1 Å². The predicted octanol–water partition coefficient (Wildman–Crippen LogP) is 3.36. The number of fused-ring (bicyclic) bond motifs is 1. The molecule has 0 aliphatic carbocycles. The van der Waals surface area contributed by atoms with E-state index in [2.05, 4.69) is 76.0 Å². The number of aromatic nitrogens is 1. The van der Waals surface area contributed by atoms with E-state index in [1.54, 1.807) is 0 Å². The van der Waals surface area contributed by atoms with Crippen molar-refractivity contribution in [3.8, 4) is 0 Å². The summed E-state index contributed by atoms with van der Waals surface area (Å²) in [5, 5.41) is 8.05. The van der Waals surface area contributed by atoms with Crippen LogP contribution >= 0.6 is 0 Å². The van der Waals surface area contributed by atoms with Gasteiger partial charge in [-0.15, -0.1) is 0 Å². The van der Waals surface area contributed by atoms with Crippen LogP contribution in [0.2, 0.25) is 0 Å². The van der Waals surface area contributed by atoms with Gasteiger partial charge in [0.2, 0.25) is 0 Å². The Morgan fingerprint density at radius 1 is 0.969 bits per heavy atom. The van der Waals surface area contributed by atoms with Crippen LogP contribution in [-0.2, 0) is 24.2 Å². The Balaban J connectivity index is 1.38. The highest BCUT2D eigenvalue weighted by Crippen LogP contribution is 2.16. The van der Waals surface area contributed by atoms with Crippen LogP contribution in [0.4, 0.5) is 0 Å². The molecule has 32 heavy (non-hydrogen) atoms. The number of hydrogen-bond donors (Lipinski definition) is 2. The van der Waals surface area contributed by atoms with E-state index in [0.717, 1.165) is 63.8 Å². The Bertz CT molecular complexity index is 1020. The van der Waals surface area contributed by atoms with Crippen molar-refractivity contribution in [1.82, 2.24) is 20.5 Å². The molecule has 0 atom stereocenters. The number of benzene rings is 2. The third-order valence-electron chi connectivity index (χ3n) is 5.77. The van der Waals surface area contributed by atoms with E-state index in [4.69, 9.17) is 9.73 Å². The number of guanidine groups is 1. The lowest BCUT2D eigenvalue weighted by Gasteiger charge is -2.27. The van der Waals surface area contributed by atoms with Gasteiger partial charge in [0.1, 0.15) is 0 Å². The second-order valence-corrected chi connectivity index (χ2v) is 8.02. The summed E-state index contributed by atoms with van der Waals surface area (Å²) < 4.78 is 5.48. The standard InChI is InChI=1S/C26H33N5O/c1-2-27-26(29-14-12-22-10-5-9-21-11-6-13-28-25(21)22)30-19-23-7-3-4-8-24(23)20-31-15-17-32-18-16-31/h3-11,13H,2,12,14-20H2,1H3,(H2,27,29,30). The van der Waals surface area contributed by atoms with Crippen molar-refractivity contribution >= 4 is 16.9 Å². The monoisotopic (exact) mass is 431 g/mol. The summed E-state index contributed by atoms with van der Waals surface area (Å²) in [6.07, 6.45) is 2.76. The molecule has 1 aliphatic heterocycles. The van der Waals surface area contributed by atoms with Gasteiger partial charge in [0.05, 0.1) is 25.3 Å². The van der Waals surface area contributed by atoms with E-state index >= 15 is 0 Å². The maximum Gasteiger partial charge on any atom is 0.191 e. The van der Waals surface area contributed by atoms with Gasteiger partial charge in [0.15, 0.2) is 5.96 Å². The number of nitrogens with zero attached hydrogens (tertiary/aromatic N) is 3. The molecule has 2 heterocycles. The van der Waals surface area contributed by atoms with E-state index in [-0.39, 0.29) is 0 Å². The van der Waals surface area contributed by atoms with Crippen molar-refractivity contribution in [3.05, 3.63) is 77.5 Å². The predicted molar refractivity (Wildman–Crippen MR) is 131 cm³/mol. The van der Waals surface area contributed by atoms with Crippen LogP contribution in [0, 0.1) is 0 Å². The molecule has 0 unspecified atom stereocenters. The highest BCUT2D eigenvalue weighted by atomic mass is 16.5. The first-order valence-electron chi connectivity index (χ1n) is 11.5. The van der Waals surface area contributed by atoms with Gasteiger partial charge in [0.25, 0.3) is 0 Å². The van der Waals surface area contributed by atoms with E-state index in [9.17, 15) is 0 Å². The number of ether oxygens (including phenoxy) is 1. The Morgan fingerprint density at radius 3 is 2.59 bits per heavy atom. The smallest absolute Gasteiger partial charge is 0.191 e. The number of hydrogen-bond acceptors (Lipinski definition) is 4. The average molecular weight is 432 g/mol. The van der Waals surface area contributed by atoms with Crippen molar-refractivity contribution in [2.24, 2.45) is 4.99 Å². The third-order valence-corrected chi connectivity index (χ3v) is 5.77. The maximum atomic E-state index is 5.48. The van der Waals surface area contributed by atoms with Crippen molar-refractivity contribution in [1.29, 1.82) is 0 Å². The number of nitrogens with one attached hydrogen (secondary N) is 2. The number of morpholine rings is 1. The summed E-state index contributed by atoms with van der Waals surface area (Å²) in [4.78, 5) is 11.9. The van der Waals surface area contributed by atoms with Crippen LogP contribution in [0.15, 0.2) is 65.8 Å². The minimum atomic E-state index is 0.658. The van der Waals surface area contributed by atoms with Gasteiger partial charge < -0.3 is 15.4 Å². The Kier molecular flexibility index (Phi) is 8.06. The highest BCUT2D eigenvalue weighted by molar-refractivity contribution is 5.82. The molecule has 1 aromatic heterocycles. The lowest BCUT2D eigenvalue weighted by Crippen LogP contribution is -2.38. The minimum Gasteiger partial charge on any atom is -0.379 e. The number of pyridine rings is 1. The molecule has 0 spiro atoms. The van der Waals surface area contributed by atoms with Crippen LogP contribution in [0.3, 0.4) is 0 Å². The second kappa shape index (κ2) is 11.6. The molecule has 0 radical (unpaired) electrons. The molecule has 1 saturated heterocycles. The van der Waals surface area contributed by atoms with Crippen LogP contribution in [0.1, 0.15) is 23.6 Å². The lowest BCUT2D eigenvalue weighted by atomic mass is 10.1. The molecule has 3 aromatic rings. The van der Waals surface area contributed by atoms with E-state index in [1.807, 2.05) is 12.3 Å². The highest BCUT2D eigenvalue weighted by Gasteiger charge is 2.12. The van der Waals surface area contributed by atoms with Gasteiger partial charge in [-0.2, -0.15) is 0 Å². The fourth-order valence-electron chi connectivity index (χ4n) is 4.06. The quantitative estimate of drug-likeness (QED) is 0.423. The summed E-state index contributed by atoms with van der Waals surface area (Å²) in [6.45, 7) is 8.96. The Morgan fingerprint density at radius 2 is 1.75 bits per heavy atom. The zero-order valence-corrected chi connectivity index (χ0v) is 18.9. The molecule has 2 N–H and O–H groups in total. The normalized spacial score (nSPS) is 15.1. The molecule has 6 heteroatoms. The summed E-state index contributed by atoms with van der Waals surface area (Å²) in [5.41, 5.74) is 4.95. The first kappa shape index (κ1) is 22.2. The topological polar surface area (TPSA) is 61.8 Å². The molecule has 4 rings (SSSR count). The van der Waals surface area contributed by atoms with Crippen molar-refractivity contribution in [3.63, 3.8) is 0 Å². The van der Waals surface area contributed by atoms with Crippen molar-refractivity contribution in [2.75, 3.05) is 39.4 Å².